The van der Waals surface area contributed by atoms with Gasteiger partial charge in [0.2, 0.25) is 5.91 Å². The van der Waals surface area contributed by atoms with Gasteiger partial charge in [0.1, 0.15) is 0 Å². The Hall–Kier alpha value is -1.38. The van der Waals surface area contributed by atoms with Gasteiger partial charge < -0.3 is 10.2 Å². The van der Waals surface area contributed by atoms with E-state index in [1.54, 1.807) is 18.0 Å². The molecular formula is C22H23Br2F3N2O. The molecule has 0 bridgehead atoms. The van der Waals surface area contributed by atoms with Crippen LogP contribution in [0.25, 0.3) is 0 Å². The predicted molar refractivity (Wildman–Crippen MR) is 118 cm³/mol. The van der Waals surface area contributed by atoms with Crippen LogP contribution in [0.3, 0.4) is 0 Å². The summed E-state index contributed by atoms with van der Waals surface area (Å²) in [4.78, 5) is 14.8. The number of nitrogens with zero attached hydrogens (tertiary/aromatic N) is 1. The van der Waals surface area contributed by atoms with Crippen molar-refractivity contribution in [2.24, 2.45) is 0 Å². The van der Waals surface area contributed by atoms with Gasteiger partial charge in [-0.1, -0.05) is 50.1 Å². The zero-order chi connectivity index (χ0) is 21.9. The fourth-order valence-corrected chi connectivity index (χ4v) is 5.38. The first-order valence-electron chi connectivity index (χ1n) is 9.66. The molecule has 0 aliphatic carbocycles. The first kappa shape index (κ1) is 23.3. The van der Waals surface area contributed by atoms with Crippen molar-refractivity contribution in [1.29, 1.82) is 0 Å². The molecule has 3 nitrogen and oxygen atoms in total. The van der Waals surface area contributed by atoms with E-state index in [1.807, 2.05) is 18.2 Å². The minimum atomic E-state index is -4.40. The molecule has 2 aromatic carbocycles. The van der Waals surface area contributed by atoms with Crippen LogP contribution in [0.4, 0.5) is 13.2 Å². The van der Waals surface area contributed by atoms with Crippen LogP contribution >= 0.6 is 31.9 Å². The maximum Gasteiger partial charge on any atom is 0.416 e. The quantitative estimate of drug-likeness (QED) is 0.505. The zero-order valence-electron chi connectivity index (χ0n) is 16.5. The molecule has 162 valence electrons. The second kappa shape index (κ2) is 9.40. The van der Waals surface area contributed by atoms with Crippen LogP contribution in [0, 0.1) is 0 Å². The first-order chi connectivity index (χ1) is 14.1. The molecule has 0 aromatic heterocycles. The Morgan fingerprint density at radius 1 is 1.10 bits per heavy atom. The number of piperidine rings is 1. The molecule has 30 heavy (non-hydrogen) atoms. The number of amides is 1. The molecule has 0 spiro atoms. The van der Waals surface area contributed by atoms with Gasteiger partial charge in [-0.3, -0.25) is 4.79 Å². The average molecular weight is 548 g/mol. The molecule has 1 aliphatic rings. The standard InChI is InChI=1S/C22H23Br2F3N2O/c1-29(14-15-9-18(23)12-19(24)10-15)20(30)13-21(5-7-28-8-6-21)16-3-2-4-17(11-16)22(25,26)27/h2-4,9-12,28H,5-8,13-14H2,1H3. The second-order valence-electron chi connectivity index (χ2n) is 7.81. The van der Waals surface area contributed by atoms with Crippen LogP contribution < -0.4 is 5.32 Å². The van der Waals surface area contributed by atoms with Crippen molar-refractivity contribution in [3.05, 3.63) is 68.1 Å². The molecule has 8 heteroatoms. The summed E-state index contributed by atoms with van der Waals surface area (Å²) in [5.74, 6) is -0.0783. The lowest BCUT2D eigenvalue weighted by Gasteiger charge is -2.39. The highest BCUT2D eigenvalue weighted by atomic mass is 79.9. The number of carbonyl (C=O) groups excluding carboxylic acids is 1. The summed E-state index contributed by atoms with van der Waals surface area (Å²) in [5.41, 5.74) is 0.282. The van der Waals surface area contributed by atoms with E-state index in [2.05, 4.69) is 37.2 Å². The van der Waals surface area contributed by atoms with Gasteiger partial charge in [-0.2, -0.15) is 13.2 Å². The van der Waals surface area contributed by atoms with Crippen molar-refractivity contribution >= 4 is 37.8 Å². The Morgan fingerprint density at radius 2 is 1.73 bits per heavy atom. The second-order valence-corrected chi connectivity index (χ2v) is 9.64. The molecular weight excluding hydrogens is 525 g/mol. The third kappa shape index (κ3) is 5.65. The highest BCUT2D eigenvalue weighted by Gasteiger charge is 2.39. The van der Waals surface area contributed by atoms with Crippen molar-refractivity contribution in [3.8, 4) is 0 Å². The lowest BCUT2D eigenvalue weighted by atomic mass is 9.70. The fraction of sp³-hybridized carbons (Fsp3) is 0.409. The van der Waals surface area contributed by atoms with Gasteiger partial charge in [0.15, 0.2) is 0 Å². The third-order valence-electron chi connectivity index (χ3n) is 5.62. The van der Waals surface area contributed by atoms with E-state index in [9.17, 15) is 18.0 Å². The van der Waals surface area contributed by atoms with Crippen LogP contribution in [0.5, 0.6) is 0 Å². The predicted octanol–water partition coefficient (Wildman–Crippen LogP) is 5.90. The Kier molecular flexibility index (Phi) is 7.30. The highest BCUT2D eigenvalue weighted by Crippen LogP contribution is 2.40. The van der Waals surface area contributed by atoms with E-state index in [0.29, 0.717) is 38.0 Å². The minimum absolute atomic E-state index is 0.0783. The van der Waals surface area contributed by atoms with Gasteiger partial charge in [-0.05, 0) is 61.3 Å². The molecule has 2 aromatic rings. The molecule has 0 radical (unpaired) electrons. The smallest absolute Gasteiger partial charge is 0.341 e. The van der Waals surface area contributed by atoms with E-state index in [-0.39, 0.29) is 12.3 Å². The highest BCUT2D eigenvalue weighted by molar-refractivity contribution is 9.11. The Bertz CT molecular complexity index is 891. The van der Waals surface area contributed by atoms with Gasteiger partial charge in [0, 0.05) is 34.4 Å². The van der Waals surface area contributed by atoms with E-state index in [1.165, 1.54) is 12.1 Å². The first-order valence-corrected chi connectivity index (χ1v) is 11.3. The van der Waals surface area contributed by atoms with Gasteiger partial charge in [0.05, 0.1) is 5.56 Å². The van der Waals surface area contributed by atoms with Gasteiger partial charge in [0.25, 0.3) is 0 Å². The van der Waals surface area contributed by atoms with Crippen molar-refractivity contribution in [2.75, 3.05) is 20.1 Å². The molecule has 1 amide bonds. The lowest BCUT2D eigenvalue weighted by molar-refractivity contribution is -0.137. The molecule has 1 saturated heterocycles. The summed E-state index contributed by atoms with van der Waals surface area (Å²) in [6, 6.07) is 11.3. The molecule has 0 unspecified atom stereocenters. The number of benzene rings is 2. The molecule has 1 N–H and O–H groups in total. The number of hydrogen-bond donors (Lipinski definition) is 1. The van der Waals surface area contributed by atoms with Crippen LogP contribution in [0.15, 0.2) is 51.4 Å². The summed E-state index contributed by atoms with van der Waals surface area (Å²) in [6.45, 7) is 1.77. The molecule has 1 aliphatic heterocycles. The summed E-state index contributed by atoms with van der Waals surface area (Å²) < 4.78 is 41.6. The molecule has 0 atom stereocenters. The third-order valence-corrected chi connectivity index (χ3v) is 6.54. The van der Waals surface area contributed by atoms with Crippen LogP contribution in [-0.4, -0.2) is 30.9 Å². The van der Waals surface area contributed by atoms with E-state index in [0.717, 1.165) is 20.6 Å². The maximum absolute atomic E-state index is 13.3. The number of halogens is 5. The molecule has 3 rings (SSSR count). The topological polar surface area (TPSA) is 32.3 Å². The van der Waals surface area contributed by atoms with E-state index in [4.69, 9.17) is 0 Å². The monoisotopic (exact) mass is 546 g/mol. The summed E-state index contributed by atoms with van der Waals surface area (Å²) >= 11 is 6.90. The minimum Gasteiger partial charge on any atom is -0.341 e. The Balaban J connectivity index is 1.83. The SMILES string of the molecule is CN(Cc1cc(Br)cc(Br)c1)C(=O)CC1(c2cccc(C(F)(F)F)c2)CCNCC1. The van der Waals surface area contributed by atoms with Gasteiger partial charge in [-0.15, -0.1) is 0 Å². The molecule has 1 fully saturated rings. The van der Waals surface area contributed by atoms with E-state index >= 15 is 0 Å². The summed E-state index contributed by atoms with van der Waals surface area (Å²) in [7, 11) is 1.73. The normalized spacial score (nSPS) is 16.3. The van der Waals surface area contributed by atoms with Crippen molar-refractivity contribution < 1.29 is 18.0 Å². The molecule has 0 saturated carbocycles. The largest absolute Gasteiger partial charge is 0.416 e. The molecule has 1 heterocycles. The van der Waals surface area contributed by atoms with Crippen LogP contribution in [0.1, 0.15) is 36.0 Å². The average Bonchev–Trinajstić information content (AvgIpc) is 2.67. The number of carbonyl (C=O) groups is 1. The maximum atomic E-state index is 13.3. The van der Waals surface area contributed by atoms with Crippen LogP contribution in [0.2, 0.25) is 0 Å². The Morgan fingerprint density at radius 3 is 2.33 bits per heavy atom. The van der Waals surface area contributed by atoms with E-state index < -0.39 is 17.2 Å². The fourth-order valence-electron chi connectivity index (χ4n) is 3.99. The number of nitrogens with one attached hydrogen (secondary N) is 1. The number of rotatable bonds is 5. The number of alkyl halides is 3. The van der Waals surface area contributed by atoms with Crippen molar-refractivity contribution in [2.45, 2.75) is 37.4 Å². The van der Waals surface area contributed by atoms with Gasteiger partial charge in [-0.25, -0.2) is 0 Å². The summed E-state index contributed by atoms with van der Waals surface area (Å²) in [6.07, 6.45) is -2.98. The Labute approximate surface area is 191 Å². The van der Waals surface area contributed by atoms with Crippen molar-refractivity contribution in [3.63, 3.8) is 0 Å². The zero-order valence-corrected chi connectivity index (χ0v) is 19.7. The van der Waals surface area contributed by atoms with Gasteiger partial charge >= 0.3 is 6.18 Å². The van der Waals surface area contributed by atoms with Crippen LogP contribution in [-0.2, 0) is 22.9 Å². The number of hydrogen-bond acceptors (Lipinski definition) is 2. The van der Waals surface area contributed by atoms with Crippen molar-refractivity contribution in [1.82, 2.24) is 10.2 Å². The summed E-state index contributed by atoms with van der Waals surface area (Å²) in [5, 5.41) is 3.25. The lowest BCUT2D eigenvalue weighted by Crippen LogP contribution is -2.43.